The Kier molecular flexibility index (Phi) is 6.23. The van der Waals surface area contributed by atoms with Crippen LogP contribution in [0, 0.1) is 5.92 Å². The quantitative estimate of drug-likeness (QED) is 0.544. The average Bonchev–Trinajstić information content (AvgIpc) is 3.29. The van der Waals surface area contributed by atoms with Crippen LogP contribution in [0.4, 0.5) is 10.5 Å². The van der Waals surface area contributed by atoms with E-state index in [1.54, 1.807) is 39.8 Å². The van der Waals surface area contributed by atoms with Gasteiger partial charge in [0.15, 0.2) is 0 Å². The molecular formula is C26H29N3O6S. The van der Waals surface area contributed by atoms with Gasteiger partial charge in [0, 0.05) is 17.6 Å². The number of imidazole rings is 1. The number of sulfone groups is 1. The summed E-state index contributed by atoms with van der Waals surface area (Å²) in [4.78, 5) is 30.5. The topological polar surface area (TPSA) is 119 Å². The van der Waals surface area contributed by atoms with Gasteiger partial charge in [-0.25, -0.2) is 18.2 Å². The average molecular weight is 512 g/mol. The summed E-state index contributed by atoms with van der Waals surface area (Å²) in [6, 6.07) is 11.6. The second-order valence-electron chi connectivity index (χ2n) is 9.58. The van der Waals surface area contributed by atoms with Crippen LogP contribution in [0.5, 0.6) is 0 Å². The molecule has 36 heavy (non-hydrogen) atoms. The second-order valence-corrected chi connectivity index (χ2v) is 11.4. The van der Waals surface area contributed by atoms with Gasteiger partial charge in [0.2, 0.25) is 15.0 Å². The van der Waals surface area contributed by atoms with Gasteiger partial charge >= 0.3 is 12.1 Å². The Bertz CT molecular complexity index is 1420. The number of methoxy groups -OCH3 is 1. The number of aliphatic carboxylic acids is 1. The molecule has 1 aliphatic carbocycles. The molecule has 0 saturated heterocycles. The number of anilines is 1. The number of carboxylic acids is 1. The molecule has 10 heteroatoms. The first kappa shape index (κ1) is 24.3. The minimum atomic E-state index is -3.95. The standard InChI is InChI=1S/C26H29N3O6S/c1-16-8-13-20-21(28(16)26(32)35-2)14-15-22-23(20)27-25(36(33,34)19-6-4-3-5-7-19)29(22)18-11-9-17(10-12-18)24(30)31/h3-7,14-18H,8-13H2,1-2H3,(H,30,31). The highest BCUT2D eigenvalue weighted by molar-refractivity contribution is 7.91. The Hall–Kier alpha value is -3.40. The summed E-state index contributed by atoms with van der Waals surface area (Å²) in [6.45, 7) is 1.95. The van der Waals surface area contributed by atoms with Crippen molar-refractivity contribution in [2.24, 2.45) is 5.92 Å². The molecule has 2 aliphatic rings. The van der Waals surface area contributed by atoms with Gasteiger partial charge in [-0.2, -0.15) is 0 Å². The van der Waals surface area contributed by atoms with Crippen molar-refractivity contribution in [2.45, 2.75) is 67.6 Å². The predicted molar refractivity (Wildman–Crippen MR) is 133 cm³/mol. The maximum absolute atomic E-state index is 13.8. The molecule has 1 unspecified atom stereocenters. The molecule has 5 rings (SSSR count). The second kappa shape index (κ2) is 9.24. The largest absolute Gasteiger partial charge is 0.481 e. The number of carboxylic acid groups (broad SMARTS) is 1. The summed E-state index contributed by atoms with van der Waals surface area (Å²) < 4.78 is 34.4. The maximum Gasteiger partial charge on any atom is 0.414 e. The van der Waals surface area contributed by atoms with E-state index in [4.69, 9.17) is 9.72 Å². The fraction of sp³-hybridized carbons (Fsp3) is 0.423. The molecule has 1 fully saturated rings. The van der Waals surface area contributed by atoms with Crippen LogP contribution >= 0.6 is 0 Å². The number of hydrogen-bond acceptors (Lipinski definition) is 6. The van der Waals surface area contributed by atoms with Crippen LogP contribution < -0.4 is 4.90 Å². The highest BCUT2D eigenvalue weighted by Gasteiger charge is 2.36. The molecule has 9 nitrogen and oxygen atoms in total. The number of nitrogens with zero attached hydrogens (tertiary/aromatic N) is 3. The normalized spacial score (nSPS) is 22.3. The molecule has 1 aromatic heterocycles. The fourth-order valence-corrected chi connectivity index (χ4v) is 7.03. The van der Waals surface area contributed by atoms with Crippen LogP contribution in [0.1, 0.15) is 50.6 Å². The van der Waals surface area contributed by atoms with Crippen LogP contribution in [-0.2, 0) is 25.8 Å². The summed E-state index contributed by atoms with van der Waals surface area (Å²) in [5, 5.41) is 9.40. The van der Waals surface area contributed by atoms with E-state index in [1.165, 1.54) is 7.11 Å². The molecule has 1 N–H and O–H groups in total. The molecule has 1 saturated carbocycles. The van der Waals surface area contributed by atoms with Crippen molar-refractivity contribution in [1.29, 1.82) is 0 Å². The zero-order chi connectivity index (χ0) is 25.6. The molecule has 1 amide bonds. The first-order valence-corrected chi connectivity index (χ1v) is 13.7. The number of amides is 1. The van der Waals surface area contributed by atoms with Gasteiger partial charge < -0.3 is 14.4 Å². The highest BCUT2D eigenvalue weighted by atomic mass is 32.2. The third-order valence-electron chi connectivity index (χ3n) is 7.50. The molecular weight excluding hydrogens is 482 g/mol. The van der Waals surface area contributed by atoms with E-state index in [1.807, 2.05) is 19.1 Å². The van der Waals surface area contributed by atoms with Crippen LogP contribution in [0.2, 0.25) is 0 Å². The molecule has 2 aromatic carbocycles. The Balaban J connectivity index is 1.71. The zero-order valence-corrected chi connectivity index (χ0v) is 21.1. The number of benzene rings is 2. The zero-order valence-electron chi connectivity index (χ0n) is 20.3. The van der Waals surface area contributed by atoms with Gasteiger partial charge in [-0.05, 0) is 69.7 Å². The van der Waals surface area contributed by atoms with Gasteiger partial charge in [-0.15, -0.1) is 0 Å². The van der Waals surface area contributed by atoms with E-state index in [2.05, 4.69) is 0 Å². The van der Waals surface area contributed by atoms with Crippen LogP contribution in [0.25, 0.3) is 11.0 Å². The van der Waals surface area contributed by atoms with E-state index < -0.39 is 27.8 Å². The van der Waals surface area contributed by atoms with Gasteiger partial charge in [-0.3, -0.25) is 9.69 Å². The van der Waals surface area contributed by atoms with Crippen LogP contribution in [-0.4, -0.2) is 48.3 Å². The first-order valence-electron chi connectivity index (χ1n) is 12.2. The lowest BCUT2D eigenvalue weighted by molar-refractivity contribution is -0.143. The molecule has 1 aliphatic heterocycles. The number of ether oxygens (including phenoxy) is 1. The van der Waals surface area contributed by atoms with Crippen molar-refractivity contribution in [3.05, 3.63) is 48.0 Å². The smallest absolute Gasteiger partial charge is 0.414 e. The lowest BCUT2D eigenvalue weighted by Gasteiger charge is -2.34. The predicted octanol–water partition coefficient (Wildman–Crippen LogP) is 4.59. The van der Waals surface area contributed by atoms with Crippen molar-refractivity contribution in [2.75, 3.05) is 12.0 Å². The highest BCUT2D eigenvalue weighted by Crippen LogP contribution is 2.41. The molecule has 1 atom stereocenters. The monoisotopic (exact) mass is 511 g/mol. The number of hydrogen-bond donors (Lipinski definition) is 1. The molecule has 0 bridgehead atoms. The van der Waals surface area contributed by atoms with Crippen molar-refractivity contribution < 1.29 is 27.9 Å². The van der Waals surface area contributed by atoms with E-state index in [0.717, 1.165) is 5.56 Å². The Morgan fingerprint density at radius 2 is 1.72 bits per heavy atom. The first-order chi connectivity index (χ1) is 17.2. The van der Waals surface area contributed by atoms with E-state index in [-0.39, 0.29) is 22.1 Å². The van der Waals surface area contributed by atoms with Gasteiger partial charge in [0.1, 0.15) is 0 Å². The summed E-state index contributed by atoms with van der Waals surface area (Å²) in [5.74, 6) is -1.24. The van der Waals surface area contributed by atoms with Crippen LogP contribution in [0.15, 0.2) is 52.5 Å². The Morgan fingerprint density at radius 1 is 1.03 bits per heavy atom. The van der Waals surface area contributed by atoms with Crippen LogP contribution in [0.3, 0.4) is 0 Å². The summed E-state index contributed by atoms with van der Waals surface area (Å²) in [6.07, 6.45) is 2.91. The van der Waals surface area contributed by atoms with Crippen molar-refractivity contribution in [3.8, 4) is 0 Å². The lowest BCUT2D eigenvalue weighted by Crippen LogP contribution is -2.42. The number of aryl methyl sites for hydroxylation is 1. The van der Waals surface area contributed by atoms with E-state index in [0.29, 0.717) is 55.2 Å². The minimum Gasteiger partial charge on any atom is -0.481 e. The van der Waals surface area contributed by atoms with Gasteiger partial charge in [0.25, 0.3) is 0 Å². The number of carbonyl (C=O) groups excluding carboxylic acids is 1. The summed E-state index contributed by atoms with van der Waals surface area (Å²) >= 11 is 0. The number of carbonyl (C=O) groups is 2. The fourth-order valence-electron chi connectivity index (χ4n) is 5.58. The summed E-state index contributed by atoms with van der Waals surface area (Å²) in [7, 11) is -2.61. The van der Waals surface area contributed by atoms with E-state index >= 15 is 0 Å². The Morgan fingerprint density at radius 3 is 2.36 bits per heavy atom. The van der Waals surface area contributed by atoms with Crippen molar-refractivity contribution in [1.82, 2.24) is 9.55 Å². The third-order valence-corrected chi connectivity index (χ3v) is 9.16. The van der Waals surface area contributed by atoms with Gasteiger partial charge in [0.05, 0.1) is 34.6 Å². The third kappa shape index (κ3) is 3.93. The number of aromatic nitrogens is 2. The summed E-state index contributed by atoms with van der Waals surface area (Å²) in [5.41, 5.74) is 2.74. The molecule has 0 spiro atoms. The lowest BCUT2D eigenvalue weighted by atomic mass is 9.86. The molecule has 3 aromatic rings. The Labute approximate surface area is 209 Å². The van der Waals surface area contributed by atoms with Gasteiger partial charge in [-0.1, -0.05) is 18.2 Å². The van der Waals surface area contributed by atoms with E-state index in [9.17, 15) is 23.1 Å². The van der Waals surface area contributed by atoms with Crippen molar-refractivity contribution in [3.63, 3.8) is 0 Å². The minimum absolute atomic E-state index is 0.0425. The molecule has 190 valence electrons. The molecule has 0 radical (unpaired) electrons. The number of rotatable bonds is 4. The maximum atomic E-state index is 13.8. The van der Waals surface area contributed by atoms with Crippen molar-refractivity contribution >= 4 is 38.6 Å². The number of fused-ring (bicyclic) bond motifs is 3. The molecule has 2 heterocycles. The SMILES string of the molecule is COC(=O)N1c2ccc3c(nc(S(=O)(=O)c4ccccc4)n3C3CCC(C(=O)O)CC3)c2CCC1C.